The minimum atomic E-state index is -0.754. The fourth-order valence-corrected chi connectivity index (χ4v) is 0.144. The average Bonchev–Trinajstić information content (AvgIpc) is 1.83. The minimum absolute atomic E-state index is 0.754. The summed E-state index contributed by atoms with van der Waals surface area (Å²) >= 11 is 0. The van der Waals surface area contributed by atoms with E-state index in [2.05, 4.69) is 14.5 Å². The van der Waals surface area contributed by atoms with Crippen LogP contribution in [0, 0.1) is 0 Å². The van der Waals surface area contributed by atoms with Crippen LogP contribution >= 0.6 is 0 Å². The van der Waals surface area contributed by atoms with Gasteiger partial charge in [0.05, 0.1) is 7.11 Å². The molecule has 0 aromatic rings. The van der Waals surface area contributed by atoms with Crippen LogP contribution in [0.2, 0.25) is 0 Å². The largest absolute Gasteiger partial charge is 0.514 e. The van der Waals surface area contributed by atoms with E-state index in [0.29, 0.717) is 0 Å². The second-order valence-corrected chi connectivity index (χ2v) is 0.936. The molecule has 0 saturated carbocycles. The molecule has 0 aromatic heterocycles. The fraction of sp³-hybridized carbons (Fsp3) is 0.500. The van der Waals surface area contributed by atoms with Crippen LogP contribution in [-0.2, 0) is 9.47 Å². The molecule has 0 radical (unpaired) electrons. The lowest BCUT2D eigenvalue weighted by Gasteiger charge is -1.91. The van der Waals surface area contributed by atoms with E-state index in [0.717, 1.165) is 6.40 Å². The number of rotatable bonds is 1. The number of carbonyl (C=O) groups excluding carboxylic acids is 1. The van der Waals surface area contributed by atoms with Crippen molar-refractivity contribution in [2.24, 2.45) is 4.99 Å². The van der Waals surface area contributed by atoms with Crippen LogP contribution in [0.25, 0.3) is 0 Å². The van der Waals surface area contributed by atoms with Gasteiger partial charge in [-0.25, -0.2) is 4.79 Å². The Morgan fingerprint density at radius 3 is 2.75 bits per heavy atom. The molecule has 0 N–H and O–H groups in total. The molecule has 0 unspecified atom stereocenters. The summed E-state index contributed by atoms with van der Waals surface area (Å²) in [5, 5.41) is 0. The Kier molecular flexibility index (Phi) is 3.56. The number of hydrogen-bond donors (Lipinski definition) is 0. The number of ether oxygens (including phenoxy) is 2. The smallest absolute Gasteiger partial charge is 0.437 e. The van der Waals surface area contributed by atoms with Gasteiger partial charge in [-0.2, -0.15) is 0 Å². The van der Waals surface area contributed by atoms with Gasteiger partial charge in [-0.1, -0.05) is 0 Å². The van der Waals surface area contributed by atoms with Crippen LogP contribution in [0.1, 0.15) is 0 Å². The van der Waals surface area contributed by atoms with Gasteiger partial charge in [0.2, 0.25) is 0 Å². The van der Waals surface area contributed by atoms with Gasteiger partial charge >= 0.3 is 6.16 Å². The SMILES string of the molecule is CN=COC(=O)OC. The molecule has 4 heteroatoms. The lowest BCUT2D eigenvalue weighted by molar-refractivity contribution is 0.120. The Hall–Kier alpha value is -1.06. The van der Waals surface area contributed by atoms with Crippen LogP contribution < -0.4 is 0 Å². The van der Waals surface area contributed by atoms with Crippen molar-refractivity contribution in [2.45, 2.75) is 0 Å². The predicted molar refractivity (Wildman–Crippen MR) is 27.9 cm³/mol. The number of hydrogen-bond acceptors (Lipinski definition) is 4. The normalized spacial score (nSPS) is 9.25. The summed E-state index contributed by atoms with van der Waals surface area (Å²) in [5.41, 5.74) is 0. The van der Waals surface area contributed by atoms with E-state index in [1.54, 1.807) is 0 Å². The van der Waals surface area contributed by atoms with E-state index in [1.165, 1.54) is 14.2 Å². The molecule has 0 aliphatic carbocycles. The molecule has 0 aliphatic heterocycles. The van der Waals surface area contributed by atoms with Gasteiger partial charge in [0, 0.05) is 7.05 Å². The third-order valence-corrected chi connectivity index (χ3v) is 0.421. The van der Waals surface area contributed by atoms with Crippen molar-refractivity contribution >= 4 is 12.6 Å². The fourth-order valence-electron chi connectivity index (χ4n) is 0.144. The lowest BCUT2D eigenvalue weighted by atomic mass is 11.2. The van der Waals surface area contributed by atoms with E-state index in [4.69, 9.17) is 0 Å². The summed E-state index contributed by atoms with van der Waals surface area (Å²) < 4.78 is 8.29. The zero-order valence-corrected chi connectivity index (χ0v) is 4.75. The first-order chi connectivity index (χ1) is 3.81. The molecule has 8 heavy (non-hydrogen) atoms. The summed E-state index contributed by atoms with van der Waals surface area (Å²) in [6.07, 6.45) is 0.252. The Bertz CT molecular complexity index is 99.5. The van der Waals surface area contributed by atoms with Gasteiger partial charge in [-0.15, -0.1) is 0 Å². The third kappa shape index (κ3) is 3.14. The van der Waals surface area contributed by atoms with E-state index < -0.39 is 6.16 Å². The van der Waals surface area contributed by atoms with Crippen LogP contribution in [0.3, 0.4) is 0 Å². The van der Waals surface area contributed by atoms with Crippen LogP contribution in [0.5, 0.6) is 0 Å². The van der Waals surface area contributed by atoms with Gasteiger partial charge in [-0.3, -0.25) is 4.99 Å². The summed E-state index contributed by atoms with van der Waals surface area (Å²) in [6, 6.07) is 0. The molecular formula is C4H7NO3. The molecule has 0 heterocycles. The Morgan fingerprint density at radius 1 is 1.75 bits per heavy atom. The van der Waals surface area contributed by atoms with Crippen LogP contribution in [-0.4, -0.2) is 26.7 Å². The van der Waals surface area contributed by atoms with E-state index in [-0.39, 0.29) is 0 Å². The molecule has 0 spiro atoms. The molecular weight excluding hydrogens is 110 g/mol. The summed E-state index contributed by atoms with van der Waals surface area (Å²) in [7, 11) is 2.72. The second-order valence-electron chi connectivity index (χ2n) is 0.936. The highest BCUT2D eigenvalue weighted by Crippen LogP contribution is 1.75. The minimum Gasteiger partial charge on any atom is -0.437 e. The van der Waals surface area contributed by atoms with Gasteiger partial charge in [0.25, 0.3) is 0 Å². The Balaban J connectivity index is 3.25. The first-order valence-electron chi connectivity index (χ1n) is 1.96. The molecule has 0 amide bonds. The maximum atomic E-state index is 10.0. The zero-order valence-electron chi connectivity index (χ0n) is 4.75. The van der Waals surface area contributed by atoms with Crippen molar-refractivity contribution in [1.82, 2.24) is 0 Å². The van der Waals surface area contributed by atoms with Crippen LogP contribution in [0.4, 0.5) is 4.79 Å². The quantitative estimate of drug-likeness (QED) is 0.284. The first kappa shape index (κ1) is 6.94. The molecule has 0 atom stereocenters. The second kappa shape index (κ2) is 4.11. The topological polar surface area (TPSA) is 47.9 Å². The number of nitrogens with zero attached hydrogens (tertiary/aromatic N) is 1. The average molecular weight is 117 g/mol. The first-order valence-corrected chi connectivity index (χ1v) is 1.96. The van der Waals surface area contributed by atoms with Gasteiger partial charge in [-0.05, 0) is 0 Å². The van der Waals surface area contributed by atoms with Gasteiger partial charge in [0.15, 0.2) is 6.40 Å². The molecule has 0 aliphatic rings. The highest BCUT2D eigenvalue weighted by atomic mass is 16.7. The monoisotopic (exact) mass is 117 g/mol. The number of carbonyl (C=O) groups is 1. The van der Waals surface area contributed by atoms with Crippen molar-refractivity contribution in [3.8, 4) is 0 Å². The summed E-state index contributed by atoms with van der Waals surface area (Å²) in [6.45, 7) is 0. The standard InChI is InChI=1S/C4H7NO3/c1-5-3-8-4(6)7-2/h3H,1-2H3. The predicted octanol–water partition coefficient (Wildman–Crippen LogP) is 0.427. The molecule has 0 saturated heterocycles. The Morgan fingerprint density at radius 2 is 2.38 bits per heavy atom. The van der Waals surface area contributed by atoms with Crippen molar-refractivity contribution in [1.29, 1.82) is 0 Å². The van der Waals surface area contributed by atoms with Crippen molar-refractivity contribution < 1.29 is 14.3 Å². The summed E-state index contributed by atoms with van der Waals surface area (Å²) in [5.74, 6) is 0. The van der Waals surface area contributed by atoms with Gasteiger partial charge < -0.3 is 9.47 Å². The summed E-state index contributed by atoms with van der Waals surface area (Å²) in [4.78, 5) is 13.4. The number of aliphatic imine (C=N–C) groups is 1. The highest BCUT2D eigenvalue weighted by Gasteiger charge is 1.92. The van der Waals surface area contributed by atoms with Crippen molar-refractivity contribution in [2.75, 3.05) is 14.2 Å². The van der Waals surface area contributed by atoms with E-state index >= 15 is 0 Å². The molecule has 0 fully saturated rings. The van der Waals surface area contributed by atoms with E-state index in [1.807, 2.05) is 0 Å². The molecule has 0 aromatic carbocycles. The third-order valence-electron chi connectivity index (χ3n) is 0.421. The highest BCUT2D eigenvalue weighted by molar-refractivity contribution is 5.71. The maximum Gasteiger partial charge on any atom is 0.514 e. The van der Waals surface area contributed by atoms with Crippen molar-refractivity contribution in [3.63, 3.8) is 0 Å². The van der Waals surface area contributed by atoms with Gasteiger partial charge in [0.1, 0.15) is 0 Å². The Labute approximate surface area is 47.1 Å². The molecule has 4 nitrogen and oxygen atoms in total. The zero-order chi connectivity index (χ0) is 6.41. The molecule has 0 rings (SSSR count). The lowest BCUT2D eigenvalue weighted by Crippen LogP contribution is -2.01. The van der Waals surface area contributed by atoms with Crippen LogP contribution in [0.15, 0.2) is 4.99 Å². The molecule has 46 valence electrons. The van der Waals surface area contributed by atoms with E-state index in [9.17, 15) is 4.79 Å². The maximum absolute atomic E-state index is 10.0. The number of methoxy groups -OCH3 is 1. The molecule has 0 bridgehead atoms. The van der Waals surface area contributed by atoms with Crippen molar-refractivity contribution in [3.05, 3.63) is 0 Å².